The van der Waals surface area contributed by atoms with Crippen LogP contribution in [-0.4, -0.2) is 41.6 Å². The lowest BCUT2D eigenvalue weighted by Gasteiger charge is -2.15. The molecular weight excluding hydrogens is 540 g/mol. The summed E-state index contributed by atoms with van der Waals surface area (Å²) >= 11 is 0. The number of carboxylic acid groups (broad SMARTS) is 1. The Kier molecular flexibility index (Phi) is 29.7. The van der Waals surface area contributed by atoms with Crippen LogP contribution in [0.1, 0.15) is 168 Å². The molecule has 7 heteroatoms. The molecule has 0 fully saturated rings. The third-order valence-corrected chi connectivity index (χ3v) is 7.75. The van der Waals surface area contributed by atoms with Crippen molar-refractivity contribution < 1.29 is 24.2 Å². The van der Waals surface area contributed by atoms with E-state index in [4.69, 9.17) is 10.5 Å². The normalized spacial score (nSPS) is 13.0. The number of amides is 1. The number of carbonyl (C=O) groups is 3. The fourth-order valence-corrected chi connectivity index (χ4v) is 5.03. The molecule has 0 saturated carbocycles. The molecule has 4 N–H and O–H groups in total. The zero-order chi connectivity index (χ0) is 31.8. The largest absolute Gasteiger partial charge is 0.480 e. The van der Waals surface area contributed by atoms with Crippen molar-refractivity contribution in [2.75, 3.05) is 6.54 Å². The SMILES string of the molecule is CCCC/C=C\C/C=C\C(CCCCCCC(=O)NC(CCCN)C(=O)O)OC(=O)CCCCCCCCCCCCC. The summed E-state index contributed by atoms with van der Waals surface area (Å²) < 4.78 is 5.85. The highest BCUT2D eigenvalue weighted by Crippen LogP contribution is 2.15. The second-order valence-electron chi connectivity index (χ2n) is 11.9. The van der Waals surface area contributed by atoms with Gasteiger partial charge in [0.05, 0.1) is 0 Å². The van der Waals surface area contributed by atoms with Crippen molar-refractivity contribution in [1.82, 2.24) is 5.32 Å². The summed E-state index contributed by atoms with van der Waals surface area (Å²) in [6.07, 6.45) is 32.3. The van der Waals surface area contributed by atoms with E-state index >= 15 is 0 Å². The standard InChI is InChI=1S/C36H66N2O5/c1-3-5-7-9-11-12-13-14-16-18-24-30-35(40)43-32(26-21-17-15-10-8-6-4-2)27-22-19-20-23-29-34(39)38-33(36(41)42)28-25-31-37/h10,15,21,26,32-33H,3-9,11-14,16-20,22-25,27-31,37H2,1-2H3,(H,38,39)(H,41,42)/b15-10-,26-21-. The fraction of sp³-hybridized carbons (Fsp3) is 0.806. The van der Waals surface area contributed by atoms with Crippen LogP contribution in [0, 0.1) is 0 Å². The molecule has 0 rings (SSSR count). The van der Waals surface area contributed by atoms with E-state index in [2.05, 4.69) is 37.4 Å². The van der Waals surface area contributed by atoms with E-state index in [1.54, 1.807) is 0 Å². The van der Waals surface area contributed by atoms with Crippen molar-refractivity contribution in [3.8, 4) is 0 Å². The van der Waals surface area contributed by atoms with Crippen LogP contribution >= 0.6 is 0 Å². The van der Waals surface area contributed by atoms with Crippen molar-refractivity contribution >= 4 is 17.8 Å². The molecule has 0 saturated heterocycles. The number of nitrogens with one attached hydrogen (secondary N) is 1. The number of allylic oxidation sites excluding steroid dienone is 3. The second kappa shape index (κ2) is 31.3. The van der Waals surface area contributed by atoms with E-state index in [1.807, 2.05) is 6.08 Å². The summed E-state index contributed by atoms with van der Waals surface area (Å²) in [5.74, 6) is -1.35. The van der Waals surface area contributed by atoms with Crippen LogP contribution in [0.15, 0.2) is 24.3 Å². The number of hydrogen-bond acceptors (Lipinski definition) is 5. The Labute approximate surface area is 263 Å². The van der Waals surface area contributed by atoms with Crippen molar-refractivity contribution in [3.63, 3.8) is 0 Å². The Morgan fingerprint density at radius 1 is 0.698 bits per heavy atom. The third-order valence-electron chi connectivity index (χ3n) is 7.75. The van der Waals surface area contributed by atoms with Gasteiger partial charge in [0.1, 0.15) is 12.1 Å². The average Bonchev–Trinajstić information content (AvgIpc) is 2.98. The van der Waals surface area contributed by atoms with Crippen LogP contribution in [-0.2, 0) is 19.1 Å². The second-order valence-corrected chi connectivity index (χ2v) is 11.9. The van der Waals surface area contributed by atoms with Gasteiger partial charge in [0.25, 0.3) is 0 Å². The van der Waals surface area contributed by atoms with Gasteiger partial charge in [0, 0.05) is 12.8 Å². The molecule has 250 valence electrons. The van der Waals surface area contributed by atoms with E-state index < -0.39 is 12.0 Å². The van der Waals surface area contributed by atoms with Crippen molar-refractivity contribution in [2.24, 2.45) is 5.73 Å². The number of hydrogen-bond donors (Lipinski definition) is 3. The van der Waals surface area contributed by atoms with Crippen molar-refractivity contribution in [1.29, 1.82) is 0 Å². The molecule has 43 heavy (non-hydrogen) atoms. The van der Waals surface area contributed by atoms with Crippen LogP contribution in [0.4, 0.5) is 0 Å². The zero-order valence-corrected chi connectivity index (χ0v) is 27.8. The molecule has 1 amide bonds. The highest BCUT2D eigenvalue weighted by Gasteiger charge is 2.18. The topological polar surface area (TPSA) is 119 Å². The summed E-state index contributed by atoms with van der Waals surface area (Å²) in [4.78, 5) is 36.0. The van der Waals surface area contributed by atoms with Gasteiger partial charge in [-0.15, -0.1) is 0 Å². The van der Waals surface area contributed by atoms with Gasteiger partial charge in [-0.25, -0.2) is 4.79 Å². The molecule has 0 aliphatic heterocycles. The summed E-state index contributed by atoms with van der Waals surface area (Å²) in [7, 11) is 0. The van der Waals surface area contributed by atoms with Gasteiger partial charge in [0.15, 0.2) is 0 Å². The lowest BCUT2D eigenvalue weighted by Crippen LogP contribution is -2.40. The summed E-state index contributed by atoms with van der Waals surface area (Å²) in [5.41, 5.74) is 5.46. The predicted molar refractivity (Wildman–Crippen MR) is 179 cm³/mol. The van der Waals surface area contributed by atoms with Gasteiger partial charge in [-0.05, 0) is 64.0 Å². The third kappa shape index (κ3) is 28.4. The Balaban J connectivity index is 4.35. The highest BCUT2D eigenvalue weighted by molar-refractivity contribution is 5.83. The minimum atomic E-state index is -1.02. The lowest BCUT2D eigenvalue weighted by atomic mass is 10.1. The molecule has 0 aromatic carbocycles. The van der Waals surface area contributed by atoms with Crippen LogP contribution in [0.2, 0.25) is 0 Å². The molecular formula is C36H66N2O5. The van der Waals surface area contributed by atoms with Gasteiger partial charge in [-0.3, -0.25) is 9.59 Å². The number of unbranched alkanes of at least 4 members (excludes halogenated alkanes) is 15. The number of carboxylic acids is 1. The number of ether oxygens (including phenoxy) is 1. The monoisotopic (exact) mass is 606 g/mol. The van der Waals surface area contributed by atoms with Crippen LogP contribution in [0.3, 0.4) is 0 Å². The van der Waals surface area contributed by atoms with Crippen molar-refractivity contribution in [2.45, 2.75) is 180 Å². The van der Waals surface area contributed by atoms with Gasteiger partial charge in [-0.2, -0.15) is 0 Å². The summed E-state index contributed by atoms with van der Waals surface area (Å²) in [5, 5.41) is 11.9. The average molecular weight is 607 g/mol. The predicted octanol–water partition coefficient (Wildman–Crippen LogP) is 8.94. The first kappa shape index (κ1) is 40.9. The first-order valence-corrected chi connectivity index (χ1v) is 17.7. The van der Waals surface area contributed by atoms with Gasteiger partial charge < -0.3 is 20.9 Å². The van der Waals surface area contributed by atoms with Crippen molar-refractivity contribution in [3.05, 3.63) is 24.3 Å². The lowest BCUT2D eigenvalue weighted by molar-refractivity contribution is -0.147. The Morgan fingerprint density at radius 3 is 1.88 bits per heavy atom. The maximum Gasteiger partial charge on any atom is 0.326 e. The number of aliphatic carboxylic acids is 1. The molecule has 0 aliphatic rings. The zero-order valence-electron chi connectivity index (χ0n) is 27.8. The first-order chi connectivity index (χ1) is 20.9. The fourth-order valence-electron chi connectivity index (χ4n) is 5.03. The maximum absolute atomic E-state index is 12.6. The van der Waals surface area contributed by atoms with Gasteiger partial charge in [0.2, 0.25) is 5.91 Å². The van der Waals surface area contributed by atoms with E-state index in [0.717, 1.165) is 51.4 Å². The quantitative estimate of drug-likeness (QED) is 0.0412. The number of esters is 1. The van der Waals surface area contributed by atoms with Gasteiger partial charge in [-0.1, -0.05) is 122 Å². The van der Waals surface area contributed by atoms with E-state index in [0.29, 0.717) is 38.6 Å². The van der Waals surface area contributed by atoms with Gasteiger partial charge >= 0.3 is 11.9 Å². The van der Waals surface area contributed by atoms with Crippen LogP contribution in [0.5, 0.6) is 0 Å². The molecule has 0 aliphatic carbocycles. The van der Waals surface area contributed by atoms with E-state index in [-0.39, 0.29) is 18.0 Å². The number of carbonyl (C=O) groups excluding carboxylic acids is 2. The molecule has 2 unspecified atom stereocenters. The molecule has 0 spiro atoms. The molecule has 2 atom stereocenters. The van der Waals surface area contributed by atoms with E-state index in [9.17, 15) is 19.5 Å². The smallest absolute Gasteiger partial charge is 0.326 e. The summed E-state index contributed by atoms with van der Waals surface area (Å²) in [6.45, 7) is 4.85. The Hall–Kier alpha value is -2.15. The highest BCUT2D eigenvalue weighted by atomic mass is 16.5. The summed E-state index contributed by atoms with van der Waals surface area (Å²) in [6, 6.07) is -0.870. The molecule has 0 aromatic heterocycles. The Bertz CT molecular complexity index is 737. The van der Waals surface area contributed by atoms with Crippen LogP contribution in [0.25, 0.3) is 0 Å². The Morgan fingerprint density at radius 2 is 1.28 bits per heavy atom. The first-order valence-electron chi connectivity index (χ1n) is 17.7. The number of nitrogens with two attached hydrogens (primary N) is 1. The molecule has 0 radical (unpaired) electrons. The molecule has 7 nitrogen and oxygen atoms in total. The molecule has 0 heterocycles. The molecule has 0 aromatic rings. The maximum atomic E-state index is 12.6. The van der Waals surface area contributed by atoms with Crippen LogP contribution < -0.4 is 11.1 Å². The molecule has 0 bridgehead atoms. The number of rotatable bonds is 31. The van der Waals surface area contributed by atoms with E-state index in [1.165, 1.54) is 70.6 Å². The minimum absolute atomic E-state index is 0.108. The minimum Gasteiger partial charge on any atom is -0.480 e.